The quantitative estimate of drug-likeness (QED) is 0.782. The van der Waals surface area contributed by atoms with Gasteiger partial charge in [-0.25, -0.2) is 4.98 Å². The molecule has 0 N–H and O–H groups in total. The van der Waals surface area contributed by atoms with Crippen LogP contribution >= 0.6 is 11.6 Å². The number of pyridine rings is 1. The van der Waals surface area contributed by atoms with Crippen LogP contribution in [0.25, 0.3) is 10.9 Å². The van der Waals surface area contributed by atoms with Gasteiger partial charge in [-0.05, 0) is 19.1 Å². The number of halogens is 1. The summed E-state index contributed by atoms with van der Waals surface area (Å²) in [5.74, 6) is 0.659. The van der Waals surface area contributed by atoms with Gasteiger partial charge >= 0.3 is 0 Å². The van der Waals surface area contributed by atoms with Gasteiger partial charge in [-0.15, -0.1) is 11.6 Å². The molecule has 0 aliphatic carbocycles. The second-order valence-electron chi connectivity index (χ2n) is 3.69. The number of ether oxygens (including phenoxy) is 1. The zero-order chi connectivity index (χ0) is 12.3. The number of rotatable bonds is 3. The fourth-order valence-electron chi connectivity index (χ4n) is 1.53. The molecular formula is C13H11ClN2O. The number of aromatic nitrogens is 1. The number of nitriles is 1. The van der Waals surface area contributed by atoms with E-state index >= 15 is 0 Å². The monoisotopic (exact) mass is 246 g/mol. The average Bonchev–Trinajstić information content (AvgIpc) is 2.35. The lowest BCUT2D eigenvalue weighted by Gasteiger charge is -2.09. The van der Waals surface area contributed by atoms with Crippen LogP contribution in [0.5, 0.6) is 5.75 Å². The Morgan fingerprint density at radius 2 is 2.24 bits per heavy atom. The van der Waals surface area contributed by atoms with Crippen LogP contribution in [0.2, 0.25) is 0 Å². The van der Waals surface area contributed by atoms with Crippen molar-refractivity contribution in [1.29, 1.82) is 5.26 Å². The van der Waals surface area contributed by atoms with Gasteiger partial charge in [-0.2, -0.15) is 5.26 Å². The predicted molar refractivity (Wildman–Crippen MR) is 67.2 cm³/mol. The number of hydrogen-bond donors (Lipinski definition) is 0. The van der Waals surface area contributed by atoms with E-state index in [4.69, 9.17) is 21.6 Å². The summed E-state index contributed by atoms with van der Waals surface area (Å²) in [6.45, 7) is 2.09. The van der Waals surface area contributed by atoms with Gasteiger partial charge in [-0.1, -0.05) is 18.2 Å². The Hall–Kier alpha value is -1.79. The van der Waals surface area contributed by atoms with Crippen LogP contribution in [0, 0.1) is 18.3 Å². The van der Waals surface area contributed by atoms with Crippen molar-refractivity contribution >= 4 is 22.5 Å². The first-order valence-corrected chi connectivity index (χ1v) is 5.67. The molecule has 1 heterocycles. The highest BCUT2D eigenvalue weighted by Crippen LogP contribution is 2.24. The van der Waals surface area contributed by atoms with Gasteiger partial charge in [-0.3, -0.25) is 0 Å². The largest absolute Gasteiger partial charge is 0.489 e. The molecule has 1 atom stereocenters. The maximum atomic E-state index is 8.59. The van der Waals surface area contributed by atoms with Gasteiger partial charge in [0.15, 0.2) is 5.38 Å². The Labute approximate surface area is 105 Å². The minimum atomic E-state index is -0.643. The molecule has 1 aromatic carbocycles. The SMILES string of the molecule is Cc1ccc2cccc(OCC(Cl)C#N)c2n1. The molecule has 0 aliphatic heterocycles. The summed E-state index contributed by atoms with van der Waals surface area (Å²) in [5, 5.41) is 8.96. The normalized spacial score (nSPS) is 12.1. The number of aryl methyl sites for hydroxylation is 1. The highest BCUT2D eigenvalue weighted by molar-refractivity contribution is 6.22. The number of alkyl halides is 1. The summed E-state index contributed by atoms with van der Waals surface area (Å²) in [7, 11) is 0. The Morgan fingerprint density at radius 3 is 3.00 bits per heavy atom. The van der Waals surface area contributed by atoms with Crippen molar-refractivity contribution < 1.29 is 4.74 Å². The smallest absolute Gasteiger partial charge is 0.154 e. The first kappa shape index (κ1) is 11.7. The van der Waals surface area contributed by atoms with Gasteiger partial charge in [0.1, 0.15) is 17.9 Å². The molecule has 2 rings (SSSR count). The van der Waals surface area contributed by atoms with Crippen LogP contribution in [0.15, 0.2) is 30.3 Å². The average molecular weight is 247 g/mol. The molecule has 4 heteroatoms. The van der Waals surface area contributed by atoms with Gasteiger partial charge < -0.3 is 4.74 Å². The summed E-state index contributed by atoms with van der Waals surface area (Å²) in [6.07, 6.45) is 0. The third-order valence-electron chi connectivity index (χ3n) is 2.35. The summed E-state index contributed by atoms with van der Waals surface area (Å²) in [4.78, 5) is 4.43. The Bertz CT molecular complexity index is 577. The minimum absolute atomic E-state index is 0.160. The van der Waals surface area contributed by atoms with E-state index in [2.05, 4.69) is 4.98 Å². The minimum Gasteiger partial charge on any atom is -0.489 e. The predicted octanol–water partition coefficient (Wildman–Crippen LogP) is 3.05. The highest BCUT2D eigenvalue weighted by Gasteiger charge is 2.07. The van der Waals surface area contributed by atoms with E-state index in [1.807, 2.05) is 43.3 Å². The molecule has 0 spiro atoms. The van der Waals surface area contributed by atoms with Gasteiger partial charge in [0.25, 0.3) is 0 Å². The number of hydrogen-bond acceptors (Lipinski definition) is 3. The number of nitrogens with zero attached hydrogens (tertiary/aromatic N) is 2. The second-order valence-corrected chi connectivity index (χ2v) is 4.21. The van der Waals surface area contributed by atoms with E-state index in [1.54, 1.807) is 0 Å². The molecule has 0 saturated heterocycles. The molecule has 0 saturated carbocycles. The summed E-state index contributed by atoms with van der Waals surface area (Å²) >= 11 is 5.69. The maximum absolute atomic E-state index is 8.59. The molecule has 0 amide bonds. The van der Waals surface area contributed by atoms with Crippen molar-refractivity contribution in [3.05, 3.63) is 36.0 Å². The van der Waals surface area contributed by atoms with E-state index in [1.165, 1.54) is 0 Å². The Morgan fingerprint density at radius 1 is 1.41 bits per heavy atom. The number of fused-ring (bicyclic) bond motifs is 1. The van der Waals surface area contributed by atoms with E-state index in [9.17, 15) is 0 Å². The third kappa shape index (κ3) is 2.66. The van der Waals surface area contributed by atoms with Crippen molar-refractivity contribution in [3.8, 4) is 11.8 Å². The maximum Gasteiger partial charge on any atom is 0.154 e. The topological polar surface area (TPSA) is 45.9 Å². The van der Waals surface area contributed by atoms with Gasteiger partial charge in [0, 0.05) is 11.1 Å². The molecule has 1 unspecified atom stereocenters. The van der Waals surface area contributed by atoms with Gasteiger partial charge in [0.2, 0.25) is 0 Å². The molecule has 86 valence electrons. The van der Waals surface area contributed by atoms with Crippen molar-refractivity contribution in [2.45, 2.75) is 12.3 Å². The fraction of sp³-hybridized carbons (Fsp3) is 0.231. The summed E-state index contributed by atoms with van der Waals surface area (Å²) < 4.78 is 5.51. The van der Waals surface area contributed by atoms with Crippen LogP contribution in [0.1, 0.15) is 5.69 Å². The lowest BCUT2D eigenvalue weighted by molar-refractivity contribution is 0.332. The van der Waals surface area contributed by atoms with Crippen LogP contribution in [-0.2, 0) is 0 Å². The van der Waals surface area contributed by atoms with Gasteiger partial charge in [0.05, 0.1) is 6.07 Å². The van der Waals surface area contributed by atoms with E-state index < -0.39 is 5.38 Å². The lowest BCUT2D eigenvalue weighted by Crippen LogP contribution is -2.09. The summed E-state index contributed by atoms with van der Waals surface area (Å²) in [5.41, 5.74) is 1.73. The molecule has 0 radical (unpaired) electrons. The molecule has 0 bridgehead atoms. The van der Waals surface area contributed by atoms with E-state index in [0.717, 1.165) is 16.6 Å². The zero-order valence-corrected chi connectivity index (χ0v) is 10.1. The molecule has 0 aliphatic rings. The van der Waals surface area contributed by atoms with E-state index in [0.29, 0.717) is 5.75 Å². The van der Waals surface area contributed by atoms with Crippen LogP contribution in [-0.4, -0.2) is 17.0 Å². The van der Waals surface area contributed by atoms with Crippen molar-refractivity contribution in [1.82, 2.24) is 4.98 Å². The second kappa shape index (κ2) is 5.03. The molecule has 17 heavy (non-hydrogen) atoms. The standard InChI is InChI=1S/C13H11ClN2O/c1-9-5-6-10-3-2-4-12(13(10)16-9)17-8-11(14)7-15/h2-6,11H,8H2,1H3. The highest BCUT2D eigenvalue weighted by atomic mass is 35.5. The number of para-hydroxylation sites is 1. The molecule has 1 aromatic heterocycles. The fourth-order valence-corrected chi connectivity index (χ4v) is 1.60. The first-order chi connectivity index (χ1) is 8.20. The van der Waals surface area contributed by atoms with Crippen molar-refractivity contribution in [2.75, 3.05) is 6.61 Å². The number of benzene rings is 1. The Balaban J connectivity index is 2.34. The van der Waals surface area contributed by atoms with Crippen LogP contribution in [0.3, 0.4) is 0 Å². The van der Waals surface area contributed by atoms with E-state index in [-0.39, 0.29) is 6.61 Å². The molecule has 0 fully saturated rings. The summed E-state index contributed by atoms with van der Waals surface area (Å²) in [6, 6.07) is 11.5. The van der Waals surface area contributed by atoms with Crippen molar-refractivity contribution in [3.63, 3.8) is 0 Å². The zero-order valence-electron chi connectivity index (χ0n) is 9.35. The Kier molecular flexibility index (Phi) is 3.46. The molecular weight excluding hydrogens is 236 g/mol. The lowest BCUT2D eigenvalue weighted by atomic mass is 10.2. The van der Waals surface area contributed by atoms with Crippen molar-refractivity contribution in [2.24, 2.45) is 0 Å². The van der Waals surface area contributed by atoms with Crippen LogP contribution < -0.4 is 4.74 Å². The molecule has 3 nitrogen and oxygen atoms in total. The molecule has 2 aromatic rings. The van der Waals surface area contributed by atoms with Crippen LogP contribution in [0.4, 0.5) is 0 Å². The third-order valence-corrected chi connectivity index (χ3v) is 2.57. The first-order valence-electron chi connectivity index (χ1n) is 5.23.